The van der Waals surface area contributed by atoms with E-state index in [1.807, 2.05) is 30.3 Å². The fraction of sp³-hybridized carbons (Fsp3) is 0.200. The third-order valence-electron chi connectivity index (χ3n) is 7.30. The number of likely N-dealkylation sites (tertiary alicyclic amines) is 1. The second-order valence-electron chi connectivity index (χ2n) is 9.83. The van der Waals surface area contributed by atoms with Gasteiger partial charge in [0, 0.05) is 30.9 Å². The van der Waals surface area contributed by atoms with Gasteiger partial charge in [-0.1, -0.05) is 42.5 Å². The lowest BCUT2D eigenvalue weighted by Gasteiger charge is -2.30. The van der Waals surface area contributed by atoms with E-state index in [-0.39, 0.29) is 11.7 Å². The predicted octanol–water partition coefficient (Wildman–Crippen LogP) is 3.29. The van der Waals surface area contributed by atoms with Crippen molar-refractivity contribution in [1.82, 2.24) is 24.0 Å². The van der Waals surface area contributed by atoms with Crippen molar-refractivity contribution in [3.8, 4) is 22.5 Å². The summed E-state index contributed by atoms with van der Waals surface area (Å²) < 4.78 is 3.12. The van der Waals surface area contributed by atoms with Gasteiger partial charge in [-0.15, -0.1) is 0 Å². The molecule has 0 bridgehead atoms. The van der Waals surface area contributed by atoms with Crippen molar-refractivity contribution in [3.05, 3.63) is 107 Å². The Hall–Kier alpha value is -4.60. The topological polar surface area (TPSA) is 119 Å². The fourth-order valence-corrected chi connectivity index (χ4v) is 5.16. The minimum Gasteiger partial charge on any atom is -0.393 e. The number of nitrogens with zero attached hydrogens (tertiary/aromatic N) is 5. The molecule has 9 nitrogen and oxygen atoms in total. The van der Waals surface area contributed by atoms with E-state index >= 15 is 0 Å². The second-order valence-corrected chi connectivity index (χ2v) is 9.83. The summed E-state index contributed by atoms with van der Waals surface area (Å²) >= 11 is 0. The first-order valence-corrected chi connectivity index (χ1v) is 12.9. The van der Waals surface area contributed by atoms with Crippen LogP contribution in [0.1, 0.15) is 28.8 Å². The molecule has 1 fully saturated rings. The van der Waals surface area contributed by atoms with Crippen LogP contribution >= 0.6 is 0 Å². The maximum absolute atomic E-state index is 13.6. The Balaban J connectivity index is 1.32. The Morgan fingerprint density at radius 2 is 1.62 bits per heavy atom. The van der Waals surface area contributed by atoms with Crippen molar-refractivity contribution < 1.29 is 9.90 Å². The van der Waals surface area contributed by atoms with Gasteiger partial charge in [0.1, 0.15) is 12.7 Å². The first-order valence-electron chi connectivity index (χ1n) is 12.9. The number of aliphatic hydroxyl groups excluding tert-OH is 1. The zero-order chi connectivity index (χ0) is 26.9. The van der Waals surface area contributed by atoms with Gasteiger partial charge in [0.25, 0.3) is 5.56 Å². The van der Waals surface area contributed by atoms with Crippen molar-refractivity contribution in [2.24, 2.45) is 5.73 Å². The van der Waals surface area contributed by atoms with Gasteiger partial charge in [-0.3, -0.25) is 23.6 Å². The van der Waals surface area contributed by atoms with E-state index in [0.29, 0.717) is 28.1 Å². The van der Waals surface area contributed by atoms with Crippen LogP contribution in [0.2, 0.25) is 0 Å². The van der Waals surface area contributed by atoms with Crippen molar-refractivity contribution in [2.75, 3.05) is 13.1 Å². The molecular weight excluding hydrogens is 492 g/mol. The number of hydrogen-bond acceptors (Lipinski definition) is 6. The van der Waals surface area contributed by atoms with Crippen LogP contribution in [0, 0.1) is 0 Å². The fourth-order valence-electron chi connectivity index (χ4n) is 5.16. The molecule has 3 heterocycles. The molecule has 0 radical (unpaired) electrons. The quantitative estimate of drug-likeness (QED) is 0.355. The minimum atomic E-state index is -0.548. The molecule has 5 aromatic rings. The zero-order valence-electron chi connectivity index (χ0n) is 21.3. The molecule has 3 N–H and O–H groups in total. The number of primary amides is 1. The number of carbonyl (C=O) groups excluding carboxylic acids is 1. The van der Waals surface area contributed by atoms with Crippen molar-refractivity contribution in [2.45, 2.75) is 25.5 Å². The van der Waals surface area contributed by atoms with Gasteiger partial charge in [-0.25, -0.2) is 9.97 Å². The van der Waals surface area contributed by atoms with E-state index in [9.17, 15) is 14.7 Å². The highest BCUT2D eigenvalue weighted by molar-refractivity contribution is 5.93. The lowest BCUT2D eigenvalue weighted by Crippen LogP contribution is -2.35. The normalized spacial score (nSPS) is 14.6. The molecule has 0 atom stereocenters. The molecule has 0 unspecified atom stereocenters. The number of aliphatic hydroxyl groups is 1. The molecule has 196 valence electrons. The molecule has 0 spiro atoms. The molecule has 6 rings (SSSR count). The summed E-state index contributed by atoms with van der Waals surface area (Å²) in [5.41, 5.74) is 10.8. The number of fused-ring (bicyclic) bond motifs is 1. The van der Waals surface area contributed by atoms with Crippen LogP contribution in [0.4, 0.5) is 0 Å². The molecule has 1 saturated heterocycles. The van der Waals surface area contributed by atoms with Crippen LogP contribution in [0.3, 0.4) is 0 Å². The molecule has 1 aliphatic heterocycles. The van der Waals surface area contributed by atoms with E-state index in [2.05, 4.69) is 33.1 Å². The van der Waals surface area contributed by atoms with Gasteiger partial charge in [0.05, 0.1) is 11.8 Å². The van der Waals surface area contributed by atoms with Crippen LogP contribution in [0.15, 0.2) is 90.2 Å². The van der Waals surface area contributed by atoms with E-state index in [1.165, 1.54) is 22.8 Å². The number of piperidine rings is 1. The van der Waals surface area contributed by atoms with Crippen molar-refractivity contribution in [3.63, 3.8) is 0 Å². The van der Waals surface area contributed by atoms with Crippen molar-refractivity contribution >= 4 is 17.1 Å². The maximum Gasteiger partial charge on any atom is 0.284 e. The van der Waals surface area contributed by atoms with E-state index in [1.54, 1.807) is 28.8 Å². The minimum absolute atomic E-state index is 0.194. The van der Waals surface area contributed by atoms with Gasteiger partial charge in [-0.05, 0) is 59.9 Å². The van der Waals surface area contributed by atoms with Gasteiger partial charge in [0.15, 0.2) is 11.2 Å². The number of benzene rings is 3. The monoisotopic (exact) mass is 520 g/mol. The molecule has 1 amide bonds. The Bertz CT molecular complexity index is 1720. The highest BCUT2D eigenvalue weighted by atomic mass is 16.3. The molecule has 0 aliphatic carbocycles. The Kier molecular flexibility index (Phi) is 6.52. The predicted molar refractivity (Wildman–Crippen MR) is 149 cm³/mol. The van der Waals surface area contributed by atoms with Crippen LogP contribution in [0.25, 0.3) is 33.7 Å². The van der Waals surface area contributed by atoms with E-state index in [0.717, 1.165) is 43.6 Å². The second kappa shape index (κ2) is 10.3. The standard InChI is InChI=1S/C30H28N6O3/c31-28(38)21-5-3-6-24(16-21)35-18-32-29-27(35)30(39)36(19-33-29)23-10-8-20(9-11-23)26-7-2-1-4-22(26)17-34-14-12-25(37)13-15-34/h1-11,16,18-19,25,37H,12-15,17H2,(H2,31,38). The van der Waals surface area contributed by atoms with E-state index < -0.39 is 5.91 Å². The summed E-state index contributed by atoms with van der Waals surface area (Å²) in [6.45, 7) is 2.60. The first-order chi connectivity index (χ1) is 19.0. The van der Waals surface area contributed by atoms with Gasteiger partial charge >= 0.3 is 0 Å². The van der Waals surface area contributed by atoms with Crippen LogP contribution < -0.4 is 11.3 Å². The third kappa shape index (κ3) is 4.85. The third-order valence-corrected chi connectivity index (χ3v) is 7.30. The average molecular weight is 521 g/mol. The SMILES string of the molecule is NC(=O)c1cccc(-n2cnc3ncn(-c4ccc(-c5ccccc5CN5CCC(O)CC5)cc4)c(=O)c32)c1. The number of amides is 1. The molecular formula is C30H28N6O3. The highest BCUT2D eigenvalue weighted by Gasteiger charge is 2.18. The van der Waals surface area contributed by atoms with Crippen LogP contribution in [-0.2, 0) is 6.54 Å². The largest absolute Gasteiger partial charge is 0.393 e. The van der Waals surface area contributed by atoms with Crippen LogP contribution in [-0.4, -0.2) is 54.2 Å². The lowest BCUT2D eigenvalue weighted by atomic mass is 9.98. The Morgan fingerprint density at radius 3 is 2.36 bits per heavy atom. The van der Waals surface area contributed by atoms with E-state index in [4.69, 9.17) is 5.73 Å². The number of aromatic nitrogens is 4. The van der Waals surface area contributed by atoms with Crippen molar-refractivity contribution in [1.29, 1.82) is 0 Å². The molecule has 39 heavy (non-hydrogen) atoms. The first kappa shape index (κ1) is 24.7. The summed E-state index contributed by atoms with van der Waals surface area (Å²) in [5, 5.41) is 9.84. The summed E-state index contributed by atoms with van der Waals surface area (Å²) in [4.78, 5) is 36.3. The number of imidazole rings is 1. The molecule has 3 aromatic carbocycles. The Labute approximate surface area is 224 Å². The summed E-state index contributed by atoms with van der Waals surface area (Å²) in [6.07, 6.45) is 4.42. The molecule has 9 heteroatoms. The number of nitrogens with two attached hydrogens (primary N) is 1. The summed E-state index contributed by atoms with van der Waals surface area (Å²) in [7, 11) is 0. The average Bonchev–Trinajstić information content (AvgIpc) is 3.40. The number of rotatable bonds is 6. The number of carbonyl (C=O) groups is 1. The molecule has 1 aliphatic rings. The molecule has 0 saturated carbocycles. The highest BCUT2D eigenvalue weighted by Crippen LogP contribution is 2.27. The smallest absolute Gasteiger partial charge is 0.284 e. The molecule has 2 aromatic heterocycles. The summed E-state index contributed by atoms with van der Waals surface area (Å²) in [5.74, 6) is -0.548. The van der Waals surface area contributed by atoms with Gasteiger partial charge in [0.2, 0.25) is 5.91 Å². The number of hydrogen-bond donors (Lipinski definition) is 2. The summed E-state index contributed by atoms with van der Waals surface area (Å²) in [6, 6.07) is 22.9. The maximum atomic E-state index is 13.6. The Morgan fingerprint density at radius 1 is 0.897 bits per heavy atom. The van der Waals surface area contributed by atoms with Gasteiger partial charge in [-0.2, -0.15) is 0 Å². The zero-order valence-corrected chi connectivity index (χ0v) is 21.3. The lowest BCUT2D eigenvalue weighted by molar-refractivity contribution is 0.0793. The van der Waals surface area contributed by atoms with Crippen LogP contribution in [0.5, 0.6) is 0 Å². The van der Waals surface area contributed by atoms with Gasteiger partial charge < -0.3 is 10.8 Å².